The molecular formula is C18H20N4. The quantitative estimate of drug-likeness (QED) is 0.785. The van der Waals surface area contributed by atoms with Crippen molar-refractivity contribution in [3.63, 3.8) is 0 Å². The smallest absolute Gasteiger partial charge is 0.132 e. The molecule has 0 unspecified atom stereocenters. The Morgan fingerprint density at radius 1 is 1.05 bits per heavy atom. The molecule has 0 amide bonds. The highest BCUT2D eigenvalue weighted by molar-refractivity contribution is 5.85. The maximum atomic E-state index is 5.60. The Bertz CT molecular complexity index is 764. The summed E-state index contributed by atoms with van der Waals surface area (Å²) in [6.45, 7) is 1.41. The summed E-state index contributed by atoms with van der Waals surface area (Å²) in [4.78, 5) is 10.8. The highest BCUT2D eigenvalue weighted by Crippen LogP contribution is 2.21. The van der Waals surface area contributed by atoms with E-state index in [4.69, 9.17) is 5.73 Å². The molecule has 4 nitrogen and oxygen atoms in total. The van der Waals surface area contributed by atoms with Gasteiger partial charge in [0.25, 0.3) is 0 Å². The average molecular weight is 292 g/mol. The molecule has 0 fully saturated rings. The van der Waals surface area contributed by atoms with E-state index in [2.05, 4.69) is 64.4 Å². The van der Waals surface area contributed by atoms with Gasteiger partial charge in [0.05, 0.1) is 0 Å². The van der Waals surface area contributed by atoms with Crippen molar-refractivity contribution in [2.24, 2.45) is 5.73 Å². The summed E-state index contributed by atoms with van der Waals surface area (Å²) in [5, 5.41) is 2.55. The number of fused-ring (bicyclic) bond motifs is 1. The van der Waals surface area contributed by atoms with Crippen LogP contribution in [0.3, 0.4) is 0 Å². The summed E-state index contributed by atoms with van der Waals surface area (Å²) in [5.41, 5.74) is 7.87. The maximum absolute atomic E-state index is 5.60. The van der Waals surface area contributed by atoms with Crippen molar-refractivity contribution >= 4 is 16.6 Å². The van der Waals surface area contributed by atoms with E-state index >= 15 is 0 Å². The first-order valence-corrected chi connectivity index (χ1v) is 7.46. The molecule has 22 heavy (non-hydrogen) atoms. The zero-order valence-corrected chi connectivity index (χ0v) is 12.7. The van der Waals surface area contributed by atoms with Gasteiger partial charge in [-0.2, -0.15) is 0 Å². The fourth-order valence-electron chi connectivity index (χ4n) is 2.65. The van der Waals surface area contributed by atoms with Gasteiger partial charge in [-0.3, -0.25) is 0 Å². The van der Waals surface area contributed by atoms with Crippen LogP contribution in [0.15, 0.2) is 54.9 Å². The molecule has 2 aromatic carbocycles. The van der Waals surface area contributed by atoms with Crippen molar-refractivity contribution in [1.82, 2.24) is 9.97 Å². The van der Waals surface area contributed by atoms with Crippen molar-refractivity contribution in [3.05, 3.63) is 66.1 Å². The molecule has 0 radical (unpaired) electrons. The normalized spacial score (nSPS) is 10.8. The van der Waals surface area contributed by atoms with Crippen molar-refractivity contribution in [2.75, 3.05) is 18.5 Å². The fourth-order valence-corrected chi connectivity index (χ4v) is 2.65. The Morgan fingerprint density at radius 3 is 2.73 bits per heavy atom. The third-order valence-corrected chi connectivity index (χ3v) is 3.79. The Hall–Kier alpha value is -2.46. The molecule has 0 aliphatic carbocycles. The summed E-state index contributed by atoms with van der Waals surface area (Å²) < 4.78 is 0. The van der Waals surface area contributed by atoms with E-state index in [1.807, 2.05) is 6.07 Å². The highest BCUT2D eigenvalue weighted by Gasteiger charge is 2.07. The minimum absolute atomic E-state index is 0.601. The van der Waals surface area contributed by atoms with Crippen LogP contribution in [0.5, 0.6) is 0 Å². The molecule has 2 N–H and O–H groups in total. The Morgan fingerprint density at radius 2 is 1.86 bits per heavy atom. The van der Waals surface area contributed by atoms with E-state index in [0.717, 1.165) is 24.5 Å². The van der Waals surface area contributed by atoms with Crippen LogP contribution in [0.2, 0.25) is 0 Å². The van der Waals surface area contributed by atoms with Gasteiger partial charge >= 0.3 is 0 Å². The number of hydrogen-bond acceptors (Lipinski definition) is 4. The van der Waals surface area contributed by atoms with Crippen LogP contribution >= 0.6 is 0 Å². The Kier molecular flexibility index (Phi) is 4.30. The summed E-state index contributed by atoms with van der Waals surface area (Å²) >= 11 is 0. The van der Waals surface area contributed by atoms with Crippen LogP contribution in [0.1, 0.15) is 11.3 Å². The van der Waals surface area contributed by atoms with E-state index in [9.17, 15) is 0 Å². The largest absolute Gasteiger partial charge is 0.355 e. The van der Waals surface area contributed by atoms with Gasteiger partial charge in [-0.15, -0.1) is 0 Å². The molecule has 112 valence electrons. The second-order valence-electron chi connectivity index (χ2n) is 5.40. The van der Waals surface area contributed by atoms with Gasteiger partial charge in [0, 0.05) is 31.8 Å². The molecule has 0 saturated heterocycles. The van der Waals surface area contributed by atoms with Crippen molar-refractivity contribution in [2.45, 2.75) is 13.0 Å². The van der Waals surface area contributed by atoms with Crippen LogP contribution in [0, 0.1) is 0 Å². The highest BCUT2D eigenvalue weighted by atomic mass is 15.2. The predicted octanol–water partition coefficient (Wildman–Crippen LogP) is 2.77. The molecule has 0 spiro atoms. The fraction of sp³-hybridized carbons (Fsp3) is 0.222. The zero-order valence-electron chi connectivity index (χ0n) is 12.7. The van der Waals surface area contributed by atoms with Gasteiger partial charge in [-0.1, -0.05) is 42.5 Å². The van der Waals surface area contributed by atoms with Gasteiger partial charge in [-0.05, 0) is 22.9 Å². The van der Waals surface area contributed by atoms with Crippen LogP contribution in [-0.4, -0.2) is 23.6 Å². The number of aromatic nitrogens is 2. The van der Waals surface area contributed by atoms with Crippen LogP contribution < -0.4 is 10.6 Å². The van der Waals surface area contributed by atoms with E-state index in [1.165, 1.54) is 16.3 Å². The predicted molar refractivity (Wildman–Crippen MR) is 90.8 cm³/mol. The molecule has 3 rings (SSSR count). The van der Waals surface area contributed by atoms with Gasteiger partial charge in [-0.25, -0.2) is 9.97 Å². The van der Waals surface area contributed by atoms with Crippen molar-refractivity contribution < 1.29 is 0 Å². The molecule has 4 heteroatoms. The molecule has 3 aromatic rings. The lowest BCUT2D eigenvalue weighted by Gasteiger charge is -2.19. The van der Waals surface area contributed by atoms with Gasteiger partial charge in [0.2, 0.25) is 0 Å². The zero-order chi connectivity index (χ0) is 15.4. The summed E-state index contributed by atoms with van der Waals surface area (Å²) in [5.74, 6) is 0.923. The number of nitrogens with zero attached hydrogens (tertiary/aromatic N) is 3. The summed E-state index contributed by atoms with van der Waals surface area (Å²) in [6.07, 6.45) is 2.39. The van der Waals surface area contributed by atoms with Crippen molar-refractivity contribution in [3.8, 4) is 0 Å². The van der Waals surface area contributed by atoms with Crippen molar-refractivity contribution in [1.29, 1.82) is 0 Å². The van der Waals surface area contributed by atoms with E-state index in [0.29, 0.717) is 6.54 Å². The molecule has 1 aromatic heterocycles. The van der Waals surface area contributed by atoms with Crippen LogP contribution in [0.25, 0.3) is 10.8 Å². The first kappa shape index (κ1) is 14.5. The van der Waals surface area contributed by atoms with Gasteiger partial charge in [0.15, 0.2) is 0 Å². The molecule has 0 atom stereocenters. The average Bonchev–Trinajstić information content (AvgIpc) is 2.56. The number of benzene rings is 2. The third kappa shape index (κ3) is 3.07. The number of rotatable bonds is 5. The number of hydrogen-bond donors (Lipinski definition) is 1. The van der Waals surface area contributed by atoms with Crippen LogP contribution in [-0.2, 0) is 13.0 Å². The van der Waals surface area contributed by atoms with Gasteiger partial charge < -0.3 is 10.6 Å². The lowest BCUT2D eigenvalue weighted by molar-refractivity contribution is 0.866. The molecular weight excluding hydrogens is 272 g/mol. The molecule has 0 bridgehead atoms. The van der Waals surface area contributed by atoms with Crippen LogP contribution in [0.4, 0.5) is 5.82 Å². The number of nitrogens with two attached hydrogens (primary N) is 1. The summed E-state index contributed by atoms with van der Waals surface area (Å²) in [7, 11) is 2.05. The topological polar surface area (TPSA) is 55.0 Å². The molecule has 0 saturated carbocycles. The van der Waals surface area contributed by atoms with E-state index < -0.39 is 0 Å². The van der Waals surface area contributed by atoms with Gasteiger partial charge in [0.1, 0.15) is 12.1 Å². The Labute approximate surface area is 130 Å². The molecule has 0 aliphatic rings. The SMILES string of the molecule is CN(Cc1cccc2ccccc12)c1cc(CCN)ncn1. The standard InChI is InChI=1S/C18H20N4/c1-22(18-11-16(9-10-19)20-13-21-18)12-15-7-4-6-14-5-2-3-8-17(14)15/h2-8,11,13H,9-10,12,19H2,1H3. The minimum atomic E-state index is 0.601. The number of anilines is 1. The van der Waals surface area contributed by atoms with E-state index in [-0.39, 0.29) is 0 Å². The second kappa shape index (κ2) is 6.54. The van der Waals surface area contributed by atoms with E-state index in [1.54, 1.807) is 6.33 Å². The maximum Gasteiger partial charge on any atom is 0.132 e. The lowest BCUT2D eigenvalue weighted by Crippen LogP contribution is -2.18. The third-order valence-electron chi connectivity index (χ3n) is 3.79. The molecule has 1 heterocycles. The monoisotopic (exact) mass is 292 g/mol. The Balaban J connectivity index is 1.87. The minimum Gasteiger partial charge on any atom is -0.355 e. The lowest BCUT2D eigenvalue weighted by atomic mass is 10.0. The first-order chi connectivity index (χ1) is 10.8. The summed E-state index contributed by atoms with van der Waals surface area (Å²) in [6, 6.07) is 16.9. The molecule has 0 aliphatic heterocycles. The first-order valence-electron chi connectivity index (χ1n) is 7.46. The second-order valence-corrected chi connectivity index (χ2v) is 5.40.